The number of likely N-dealkylation sites (N-methyl/N-ethyl adjacent to an activating group) is 1. The van der Waals surface area contributed by atoms with E-state index in [1.807, 2.05) is 42.6 Å². The minimum absolute atomic E-state index is 0. The fourth-order valence-electron chi connectivity index (χ4n) is 3.74. The number of hydrogen-bond acceptors (Lipinski definition) is 6. The zero-order valence-electron chi connectivity index (χ0n) is 16.9. The highest BCUT2D eigenvalue weighted by Crippen LogP contribution is 2.37. The average Bonchev–Trinajstić information content (AvgIpc) is 3.42. The van der Waals surface area contributed by atoms with Gasteiger partial charge in [-0.2, -0.15) is 0 Å². The fourth-order valence-corrected chi connectivity index (χ4v) is 4.88. The minimum atomic E-state index is -0.660. The number of fused-ring (bicyclic) bond motifs is 2. The minimum Gasteiger partial charge on any atom is -0.360 e. The van der Waals surface area contributed by atoms with Crippen LogP contribution in [0.15, 0.2) is 62.9 Å². The standard InChI is InChI=1S/C23H20N4O3S.CH4/c1-27-20-8-15-11-24-12-16(15)9-21(20)31-13-19(23(27)29)25-22(28)18-10-17(30-26-18)7-14-5-3-2-4-6-14;/h2-6,8-11,19H,7,12-13H2,1H3,(H,25,28);1H4/t19-;/m0./s1. The Labute approximate surface area is 190 Å². The summed E-state index contributed by atoms with van der Waals surface area (Å²) in [5.74, 6) is 0.452. The van der Waals surface area contributed by atoms with Gasteiger partial charge >= 0.3 is 0 Å². The molecule has 2 aromatic carbocycles. The highest BCUT2D eigenvalue weighted by molar-refractivity contribution is 7.99. The SMILES string of the molecule is C.CN1C(=O)[C@@H](NC(=O)c2cc(Cc3ccccc3)on2)CSc2cc3c(cc21)C=NC3. The molecule has 32 heavy (non-hydrogen) atoms. The van der Waals surface area contributed by atoms with Gasteiger partial charge < -0.3 is 14.7 Å². The lowest BCUT2D eigenvalue weighted by molar-refractivity contribution is -0.119. The van der Waals surface area contributed by atoms with Gasteiger partial charge in [0, 0.05) is 36.4 Å². The Bertz CT molecular complexity index is 1190. The molecule has 8 heteroatoms. The van der Waals surface area contributed by atoms with Crippen LogP contribution < -0.4 is 10.2 Å². The van der Waals surface area contributed by atoms with Gasteiger partial charge in [-0.15, -0.1) is 11.8 Å². The first-order chi connectivity index (χ1) is 15.1. The van der Waals surface area contributed by atoms with Crippen LogP contribution in [0, 0.1) is 0 Å². The maximum Gasteiger partial charge on any atom is 0.274 e. The van der Waals surface area contributed by atoms with Crippen LogP contribution >= 0.6 is 11.8 Å². The molecule has 3 aromatic rings. The summed E-state index contributed by atoms with van der Waals surface area (Å²) in [5.41, 5.74) is 4.27. The van der Waals surface area contributed by atoms with Gasteiger partial charge in [0.05, 0.1) is 12.2 Å². The summed E-state index contributed by atoms with van der Waals surface area (Å²) in [4.78, 5) is 32.7. The number of rotatable bonds is 4. The number of thioether (sulfide) groups is 1. The van der Waals surface area contributed by atoms with E-state index in [0.29, 0.717) is 24.5 Å². The van der Waals surface area contributed by atoms with Gasteiger partial charge in [0.2, 0.25) is 5.91 Å². The van der Waals surface area contributed by atoms with Gasteiger partial charge in [-0.3, -0.25) is 14.6 Å². The van der Waals surface area contributed by atoms with E-state index >= 15 is 0 Å². The number of aromatic nitrogens is 1. The third-order valence-corrected chi connectivity index (χ3v) is 6.56. The van der Waals surface area contributed by atoms with E-state index < -0.39 is 11.9 Å². The molecular weight excluding hydrogens is 424 g/mol. The van der Waals surface area contributed by atoms with Crippen molar-refractivity contribution in [1.29, 1.82) is 0 Å². The Hall–Kier alpha value is -3.39. The van der Waals surface area contributed by atoms with Crippen LogP contribution in [-0.2, 0) is 17.8 Å². The fraction of sp³-hybridized carbons (Fsp3) is 0.250. The van der Waals surface area contributed by atoms with Crippen LogP contribution in [0.4, 0.5) is 5.69 Å². The second kappa shape index (κ2) is 9.00. The first kappa shape index (κ1) is 21.8. The molecule has 0 fully saturated rings. The van der Waals surface area contributed by atoms with E-state index in [2.05, 4.69) is 21.5 Å². The van der Waals surface area contributed by atoms with Crippen molar-refractivity contribution in [3.63, 3.8) is 0 Å². The summed E-state index contributed by atoms with van der Waals surface area (Å²) in [5, 5.41) is 6.72. The predicted octanol–water partition coefficient (Wildman–Crippen LogP) is 3.70. The first-order valence-electron chi connectivity index (χ1n) is 9.96. The Morgan fingerprint density at radius 1 is 1.25 bits per heavy atom. The maximum absolute atomic E-state index is 13.0. The summed E-state index contributed by atoms with van der Waals surface area (Å²) in [6.07, 6.45) is 2.38. The molecule has 0 unspecified atom stereocenters. The van der Waals surface area contributed by atoms with Crippen molar-refractivity contribution in [1.82, 2.24) is 10.5 Å². The maximum atomic E-state index is 13.0. The van der Waals surface area contributed by atoms with E-state index in [1.54, 1.807) is 29.8 Å². The highest BCUT2D eigenvalue weighted by atomic mass is 32.2. The number of benzene rings is 2. The van der Waals surface area contributed by atoms with Crippen molar-refractivity contribution in [3.05, 3.63) is 76.7 Å². The molecule has 0 spiro atoms. The number of anilines is 1. The third-order valence-electron chi connectivity index (χ3n) is 5.43. The number of carbonyl (C=O) groups excluding carboxylic acids is 2. The van der Waals surface area contributed by atoms with E-state index in [9.17, 15) is 9.59 Å². The van der Waals surface area contributed by atoms with Gasteiger partial charge in [-0.1, -0.05) is 42.9 Å². The smallest absolute Gasteiger partial charge is 0.274 e. The molecule has 0 saturated heterocycles. The summed E-state index contributed by atoms with van der Waals surface area (Å²) in [6.45, 7) is 0.665. The van der Waals surface area contributed by atoms with Crippen LogP contribution in [0.2, 0.25) is 0 Å². The molecule has 0 saturated carbocycles. The summed E-state index contributed by atoms with van der Waals surface area (Å²) in [7, 11) is 1.73. The molecule has 1 atom stereocenters. The number of aliphatic imine (C=N–C) groups is 1. The van der Waals surface area contributed by atoms with Crippen LogP contribution in [0.5, 0.6) is 0 Å². The monoisotopic (exact) mass is 448 g/mol. The Morgan fingerprint density at radius 3 is 2.88 bits per heavy atom. The van der Waals surface area contributed by atoms with Crippen LogP contribution in [0.25, 0.3) is 0 Å². The average molecular weight is 449 g/mol. The van der Waals surface area contributed by atoms with Crippen molar-refractivity contribution in [2.45, 2.75) is 31.3 Å². The van der Waals surface area contributed by atoms with E-state index in [1.165, 1.54) is 0 Å². The zero-order valence-corrected chi connectivity index (χ0v) is 17.7. The molecule has 5 rings (SSSR count). The molecule has 0 bridgehead atoms. The van der Waals surface area contributed by atoms with Gasteiger partial charge in [-0.05, 0) is 28.8 Å². The van der Waals surface area contributed by atoms with Gasteiger partial charge in [0.1, 0.15) is 11.8 Å². The molecule has 7 nitrogen and oxygen atoms in total. The Balaban J connectivity index is 0.00000245. The van der Waals surface area contributed by atoms with Crippen molar-refractivity contribution >= 4 is 35.5 Å². The molecule has 0 radical (unpaired) electrons. The van der Waals surface area contributed by atoms with Crippen LogP contribution in [-0.4, -0.2) is 42.0 Å². The van der Waals surface area contributed by atoms with Crippen molar-refractivity contribution < 1.29 is 14.1 Å². The molecular formula is C24H24N4O3S. The number of nitrogens with zero attached hydrogens (tertiary/aromatic N) is 3. The second-order valence-electron chi connectivity index (χ2n) is 7.56. The summed E-state index contributed by atoms with van der Waals surface area (Å²) >= 11 is 1.56. The molecule has 164 valence electrons. The molecule has 3 heterocycles. The summed E-state index contributed by atoms with van der Waals surface area (Å²) < 4.78 is 5.32. The largest absolute Gasteiger partial charge is 0.360 e. The zero-order chi connectivity index (χ0) is 21.4. The van der Waals surface area contributed by atoms with Crippen LogP contribution in [0.3, 0.4) is 0 Å². The lowest BCUT2D eigenvalue weighted by Gasteiger charge is -2.21. The Morgan fingerprint density at radius 2 is 2.06 bits per heavy atom. The molecule has 0 aliphatic carbocycles. The van der Waals surface area contributed by atoms with Crippen molar-refractivity contribution in [2.75, 3.05) is 17.7 Å². The highest BCUT2D eigenvalue weighted by Gasteiger charge is 2.31. The normalized spacial score (nSPS) is 16.7. The van der Waals surface area contributed by atoms with E-state index in [4.69, 9.17) is 4.52 Å². The van der Waals surface area contributed by atoms with Crippen LogP contribution in [0.1, 0.15) is 40.4 Å². The number of nitrogens with one attached hydrogen (secondary N) is 1. The molecule has 2 amide bonds. The van der Waals surface area contributed by atoms with Crippen molar-refractivity contribution in [2.24, 2.45) is 4.99 Å². The topological polar surface area (TPSA) is 87.8 Å². The molecule has 2 aliphatic rings. The predicted molar refractivity (Wildman–Crippen MR) is 126 cm³/mol. The van der Waals surface area contributed by atoms with E-state index in [-0.39, 0.29) is 19.0 Å². The van der Waals surface area contributed by atoms with E-state index in [0.717, 1.165) is 27.3 Å². The first-order valence-corrected chi connectivity index (χ1v) is 10.9. The van der Waals surface area contributed by atoms with Gasteiger partial charge in [0.15, 0.2) is 5.69 Å². The van der Waals surface area contributed by atoms with Crippen molar-refractivity contribution in [3.8, 4) is 0 Å². The van der Waals surface area contributed by atoms with Gasteiger partial charge in [-0.25, -0.2) is 0 Å². The molecule has 1 aromatic heterocycles. The lowest BCUT2D eigenvalue weighted by Crippen LogP contribution is -2.48. The Kier molecular flexibility index (Phi) is 6.14. The molecule has 1 N–H and O–H groups in total. The number of amides is 2. The lowest BCUT2D eigenvalue weighted by atomic mass is 10.1. The van der Waals surface area contributed by atoms with Gasteiger partial charge in [0.25, 0.3) is 5.91 Å². The quantitative estimate of drug-likeness (QED) is 0.658. The number of carbonyl (C=O) groups is 2. The summed E-state index contributed by atoms with van der Waals surface area (Å²) in [6, 6.07) is 14.9. The second-order valence-corrected chi connectivity index (χ2v) is 8.63. The third kappa shape index (κ3) is 4.18. The molecule has 2 aliphatic heterocycles. The number of hydrogen-bond donors (Lipinski definition) is 1.